The molecule has 0 saturated carbocycles. The molecule has 1 aliphatic rings. The third kappa shape index (κ3) is 5.29. The first-order chi connectivity index (χ1) is 17.9. The van der Waals surface area contributed by atoms with Crippen LogP contribution >= 0.6 is 0 Å². The van der Waals surface area contributed by atoms with Crippen LogP contribution < -0.4 is 19.8 Å². The van der Waals surface area contributed by atoms with E-state index in [4.69, 9.17) is 14.2 Å². The number of pyridine rings is 1. The highest BCUT2D eigenvalue weighted by molar-refractivity contribution is 5.83. The van der Waals surface area contributed by atoms with Crippen LogP contribution in [-0.2, 0) is 25.2 Å². The zero-order valence-corrected chi connectivity index (χ0v) is 21.7. The predicted octanol–water partition coefficient (Wildman–Crippen LogP) is 3.64. The summed E-state index contributed by atoms with van der Waals surface area (Å²) in [5.74, 6) is 2.88. The van der Waals surface area contributed by atoms with Crippen molar-refractivity contribution < 1.29 is 14.2 Å². The van der Waals surface area contributed by atoms with E-state index in [2.05, 4.69) is 46.2 Å². The summed E-state index contributed by atoms with van der Waals surface area (Å²) in [6, 6.07) is 13.6. The molecule has 0 fully saturated rings. The van der Waals surface area contributed by atoms with Crippen molar-refractivity contribution in [2.24, 2.45) is 0 Å². The summed E-state index contributed by atoms with van der Waals surface area (Å²) < 4.78 is 18.6. The molecule has 0 radical (unpaired) electrons. The summed E-state index contributed by atoms with van der Waals surface area (Å²) in [7, 11) is 1.65. The first-order valence-electron chi connectivity index (χ1n) is 12.4. The topological polar surface area (TPSA) is 107 Å². The van der Waals surface area contributed by atoms with Gasteiger partial charge in [0.2, 0.25) is 0 Å². The average molecular weight is 505 g/mol. The quantitative estimate of drug-likeness (QED) is 0.368. The number of tetrazole rings is 1. The number of aromatic nitrogens is 5. The van der Waals surface area contributed by atoms with Gasteiger partial charge in [0.05, 0.1) is 24.7 Å². The zero-order valence-electron chi connectivity index (χ0n) is 21.7. The van der Waals surface area contributed by atoms with E-state index in [0.717, 1.165) is 28.9 Å². The first kappa shape index (κ1) is 24.8. The molecule has 0 spiro atoms. The van der Waals surface area contributed by atoms with Gasteiger partial charge in [-0.15, -0.1) is 5.10 Å². The number of hydrogen-bond donors (Lipinski definition) is 1. The molecule has 37 heavy (non-hydrogen) atoms. The van der Waals surface area contributed by atoms with Gasteiger partial charge in [-0.1, -0.05) is 19.1 Å². The summed E-state index contributed by atoms with van der Waals surface area (Å²) in [4.78, 5) is 18.3. The number of ether oxygens (including phenoxy) is 3. The number of aromatic amines is 1. The number of methoxy groups -OCH3 is 1. The highest BCUT2D eigenvalue weighted by atomic mass is 16.6. The highest BCUT2D eigenvalue weighted by Crippen LogP contribution is 2.33. The normalized spacial score (nSPS) is 13.3. The molecule has 194 valence electrons. The fraction of sp³-hybridized carbons (Fsp3) is 0.407. The maximum absolute atomic E-state index is 13.1. The molecule has 1 aliphatic heterocycles. The number of hydrogen-bond acceptors (Lipinski definition) is 8. The Hall–Kier alpha value is -3.92. The minimum absolute atomic E-state index is 0.141. The Bertz CT molecular complexity index is 1440. The zero-order chi connectivity index (χ0) is 26.0. The Morgan fingerprint density at radius 3 is 2.49 bits per heavy atom. The molecule has 10 nitrogen and oxygen atoms in total. The Balaban J connectivity index is 1.48. The van der Waals surface area contributed by atoms with E-state index in [1.165, 1.54) is 0 Å². The highest BCUT2D eigenvalue weighted by Gasteiger charge is 2.25. The molecular weight excluding hydrogens is 472 g/mol. The second-order valence-electron chi connectivity index (χ2n) is 9.87. The second kappa shape index (κ2) is 10.2. The van der Waals surface area contributed by atoms with Gasteiger partial charge in [0.25, 0.3) is 5.56 Å². The van der Waals surface area contributed by atoms with Gasteiger partial charge in [-0.3, -0.25) is 9.69 Å². The lowest BCUT2D eigenvalue weighted by Gasteiger charge is -2.27. The third-order valence-electron chi connectivity index (χ3n) is 6.88. The van der Waals surface area contributed by atoms with Crippen LogP contribution in [0, 0.1) is 0 Å². The number of nitrogens with one attached hydrogen (secondary N) is 1. The third-order valence-corrected chi connectivity index (χ3v) is 6.88. The van der Waals surface area contributed by atoms with E-state index in [1.54, 1.807) is 7.11 Å². The van der Waals surface area contributed by atoms with Crippen molar-refractivity contribution in [2.75, 3.05) is 20.3 Å². The van der Waals surface area contributed by atoms with Crippen molar-refractivity contribution in [2.45, 2.75) is 52.4 Å². The Morgan fingerprint density at radius 2 is 1.78 bits per heavy atom. The molecule has 5 rings (SSSR count). The molecule has 0 aliphatic carbocycles. The molecule has 4 aromatic rings. The van der Waals surface area contributed by atoms with E-state index >= 15 is 0 Å². The lowest BCUT2D eigenvalue weighted by atomic mass is 10.0. The van der Waals surface area contributed by atoms with Gasteiger partial charge in [0.1, 0.15) is 19.0 Å². The fourth-order valence-electron chi connectivity index (χ4n) is 4.43. The van der Waals surface area contributed by atoms with Crippen LogP contribution in [0.25, 0.3) is 10.9 Å². The lowest BCUT2D eigenvalue weighted by molar-refractivity contribution is 0.172. The van der Waals surface area contributed by atoms with Gasteiger partial charge in [-0.05, 0) is 60.5 Å². The van der Waals surface area contributed by atoms with E-state index in [1.807, 2.05) is 47.1 Å². The molecule has 0 amide bonds. The van der Waals surface area contributed by atoms with Crippen molar-refractivity contribution in [3.8, 4) is 17.2 Å². The van der Waals surface area contributed by atoms with Crippen molar-refractivity contribution >= 4 is 10.9 Å². The standard InChI is InChI=1S/C27H32N6O4/c1-5-27(2,3)33-25(29-30-31-33)17-32(15-18-6-8-21(35-4)9-7-18)16-20-12-19-13-23-24(37-11-10-36-23)14-22(19)28-26(20)34/h6-9,12-14H,5,10-11,15-17H2,1-4H3,(H,28,34). The SMILES string of the molecule is CCC(C)(C)n1nnnc1CN(Cc1ccc(OC)cc1)Cc1cc2cc3c(cc2[nH]c1=O)OCCO3. The Labute approximate surface area is 215 Å². The lowest BCUT2D eigenvalue weighted by Crippen LogP contribution is -2.32. The molecule has 0 bridgehead atoms. The number of fused-ring (bicyclic) bond motifs is 2. The number of benzene rings is 2. The maximum atomic E-state index is 13.1. The van der Waals surface area contributed by atoms with Gasteiger partial charge in [-0.2, -0.15) is 0 Å². The van der Waals surface area contributed by atoms with Crippen molar-refractivity contribution in [3.05, 3.63) is 69.8 Å². The molecule has 1 N–H and O–H groups in total. The monoisotopic (exact) mass is 504 g/mol. The summed E-state index contributed by atoms with van der Waals surface area (Å²) in [6.45, 7) is 8.82. The van der Waals surface area contributed by atoms with Crippen LogP contribution in [-0.4, -0.2) is 50.4 Å². The van der Waals surface area contributed by atoms with Crippen LogP contribution in [0.3, 0.4) is 0 Å². The van der Waals surface area contributed by atoms with Crippen molar-refractivity contribution in [1.29, 1.82) is 0 Å². The minimum Gasteiger partial charge on any atom is -0.497 e. The van der Waals surface area contributed by atoms with Crippen LogP contribution in [0.1, 0.15) is 44.1 Å². The molecule has 0 unspecified atom stereocenters. The van der Waals surface area contributed by atoms with Gasteiger partial charge < -0.3 is 19.2 Å². The Kier molecular flexibility index (Phi) is 6.84. The van der Waals surface area contributed by atoms with Crippen LogP contribution in [0.2, 0.25) is 0 Å². The largest absolute Gasteiger partial charge is 0.497 e. The molecule has 2 aromatic heterocycles. The molecule has 0 saturated heterocycles. The summed E-state index contributed by atoms with van der Waals surface area (Å²) in [5, 5.41) is 13.4. The minimum atomic E-state index is -0.230. The maximum Gasteiger partial charge on any atom is 0.252 e. The van der Waals surface area contributed by atoms with Crippen LogP contribution in [0.5, 0.6) is 17.2 Å². The number of rotatable bonds is 9. The van der Waals surface area contributed by atoms with E-state index in [9.17, 15) is 4.79 Å². The number of H-pyrrole nitrogens is 1. The van der Waals surface area contributed by atoms with Crippen molar-refractivity contribution in [1.82, 2.24) is 30.1 Å². The predicted molar refractivity (Wildman–Crippen MR) is 139 cm³/mol. The van der Waals surface area contributed by atoms with Crippen molar-refractivity contribution in [3.63, 3.8) is 0 Å². The van der Waals surface area contributed by atoms with E-state index < -0.39 is 0 Å². The summed E-state index contributed by atoms with van der Waals surface area (Å²) in [5.41, 5.74) is 2.08. The van der Waals surface area contributed by atoms with E-state index in [-0.39, 0.29) is 11.1 Å². The average Bonchev–Trinajstić information content (AvgIpc) is 3.37. The Morgan fingerprint density at radius 1 is 1.05 bits per heavy atom. The van der Waals surface area contributed by atoms with Gasteiger partial charge in [0.15, 0.2) is 17.3 Å². The molecular formula is C27H32N6O4. The van der Waals surface area contributed by atoms with Crippen LogP contribution in [0.15, 0.2) is 47.3 Å². The smallest absolute Gasteiger partial charge is 0.252 e. The molecule has 3 heterocycles. The van der Waals surface area contributed by atoms with Crippen LogP contribution in [0.4, 0.5) is 0 Å². The molecule has 10 heteroatoms. The first-order valence-corrected chi connectivity index (χ1v) is 12.4. The van der Waals surface area contributed by atoms with Gasteiger partial charge in [-0.25, -0.2) is 4.68 Å². The fourth-order valence-corrected chi connectivity index (χ4v) is 4.43. The number of nitrogens with zero attached hydrogens (tertiary/aromatic N) is 5. The van der Waals surface area contributed by atoms with Gasteiger partial charge in [0, 0.05) is 30.1 Å². The van der Waals surface area contributed by atoms with Gasteiger partial charge >= 0.3 is 0 Å². The molecule has 0 atom stereocenters. The summed E-state index contributed by atoms with van der Waals surface area (Å²) >= 11 is 0. The molecule has 2 aromatic carbocycles. The van der Waals surface area contributed by atoms with E-state index in [0.29, 0.717) is 55.4 Å². The second-order valence-corrected chi connectivity index (χ2v) is 9.87. The summed E-state index contributed by atoms with van der Waals surface area (Å²) in [6.07, 6.45) is 0.879.